The van der Waals surface area contributed by atoms with Crippen molar-refractivity contribution >= 4 is 34.7 Å². The van der Waals surface area contributed by atoms with Crippen molar-refractivity contribution in [2.24, 2.45) is 5.41 Å². The second-order valence-electron chi connectivity index (χ2n) is 10.7. The molecule has 4 aromatic heterocycles. The van der Waals surface area contributed by atoms with Crippen LogP contribution in [0.4, 0.5) is 27.7 Å². The number of nitrogens with zero attached hydrogens (tertiary/aromatic N) is 6. The predicted octanol–water partition coefficient (Wildman–Crippen LogP) is 4.24. The summed E-state index contributed by atoms with van der Waals surface area (Å²) >= 11 is 0. The summed E-state index contributed by atoms with van der Waals surface area (Å²) in [7, 11) is 0. The van der Waals surface area contributed by atoms with E-state index in [9.17, 15) is 9.18 Å². The van der Waals surface area contributed by atoms with Crippen molar-refractivity contribution in [1.29, 1.82) is 0 Å². The molecule has 1 saturated carbocycles. The number of nitrogens with one attached hydrogen (secondary N) is 3. The summed E-state index contributed by atoms with van der Waals surface area (Å²) in [6.07, 6.45) is 6.11. The summed E-state index contributed by atoms with van der Waals surface area (Å²) in [6, 6.07) is 8.58. The Hall–Kier alpha value is -4.02. The van der Waals surface area contributed by atoms with Crippen LogP contribution in [-0.2, 0) is 4.79 Å². The third kappa shape index (κ3) is 4.04. The second kappa shape index (κ2) is 8.00. The van der Waals surface area contributed by atoms with Gasteiger partial charge in [-0.05, 0) is 55.9 Å². The summed E-state index contributed by atoms with van der Waals surface area (Å²) in [5.41, 5.74) is 1.25. The molecule has 1 atom stereocenters. The molecule has 2 aliphatic rings. The highest BCUT2D eigenvalue weighted by atomic mass is 19.1. The molecule has 2 fully saturated rings. The van der Waals surface area contributed by atoms with E-state index in [1.165, 1.54) is 31.2 Å². The molecule has 11 heteroatoms. The molecule has 0 bridgehead atoms. The quantitative estimate of drug-likeness (QED) is 0.347. The van der Waals surface area contributed by atoms with Crippen LogP contribution in [0.5, 0.6) is 0 Å². The summed E-state index contributed by atoms with van der Waals surface area (Å²) in [6.45, 7) is 6.71. The molecule has 186 valence electrons. The van der Waals surface area contributed by atoms with Gasteiger partial charge in [0.25, 0.3) is 0 Å². The highest BCUT2D eigenvalue weighted by Gasteiger charge is 2.52. The number of rotatable bonds is 6. The molecular formula is C25H28FN9O. The molecule has 4 aromatic rings. The summed E-state index contributed by atoms with van der Waals surface area (Å²) in [5.74, 6) is 1.46. The van der Waals surface area contributed by atoms with Gasteiger partial charge >= 0.3 is 0 Å². The van der Waals surface area contributed by atoms with Crippen molar-refractivity contribution in [3.05, 3.63) is 54.4 Å². The normalized spacial score (nSPS) is 21.2. The predicted molar refractivity (Wildman–Crippen MR) is 134 cm³/mol. The van der Waals surface area contributed by atoms with Crippen molar-refractivity contribution < 1.29 is 9.18 Å². The zero-order valence-electron chi connectivity index (χ0n) is 20.4. The minimum Gasteiger partial charge on any atom is -0.324 e. The first-order chi connectivity index (χ1) is 17.2. The largest absolute Gasteiger partial charge is 0.324 e. The van der Waals surface area contributed by atoms with E-state index in [0.717, 1.165) is 11.2 Å². The fraction of sp³-hybridized carbons (Fsp3) is 0.400. The lowest BCUT2D eigenvalue weighted by atomic mass is 9.84. The summed E-state index contributed by atoms with van der Waals surface area (Å²) in [4.78, 5) is 24.0. The smallest absolute Gasteiger partial charge is 0.250 e. The van der Waals surface area contributed by atoms with Crippen LogP contribution in [0.2, 0.25) is 0 Å². The number of H-pyrrole nitrogens is 1. The molecule has 0 unspecified atom stereocenters. The van der Waals surface area contributed by atoms with Gasteiger partial charge in [-0.3, -0.25) is 9.89 Å². The van der Waals surface area contributed by atoms with Gasteiger partial charge in [0.2, 0.25) is 17.8 Å². The van der Waals surface area contributed by atoms with Crippen LogP contribution in [0.1, 0.15) is 51.6 Å². The number of pyridine rings is 1. The lowest BCUT2D eigenvalue weighted by molar-refractivity contribution is -0.120. The van der Waals surface area contributed by atoms with Gasteiger partial charge in [-0.15, -0.1) is 5.10 Å². The second-order valence-corrected chi connectivity index (χ2v) is 10.7. The van der Waals surface area contributed by atoms with Crippen LogP contribution in [0.25, 0.3) is 5.52 Å². The molecule has 5 heterocycles. The van der Waals surface area contributed by atoms with E-state index in [2.05, 4.69) is 39.7 Å². The standard InChI is InChI=1S/C25H28FN9O/c1-24(2)13-25(3,22(36)28-16-8-9-19(26)27-12-16)34(14-24)23-30-21(18-5-4-10-35(18)33-23)29-20-11-17(31-32-20)15-6-7-15/h4-5,8-12,15H,6-7,13-14H2,1-3H3,(H,28,36)(H2,29,30,31,32,33)/t25-/m0/s1. The SMILES string of the molecule is CC1(C)CN(c2nc(Nc3cc(C4CC4)[nH]n3)c3cccn3n2)[C@](C)(C(=O)Nc2ccc(F)nc2)C1. The van der Waals surface area contributed by atoms with Gasteiger partial charge in [-0.1, -0.05) is 13.8 Å². The number of halogens is 1. The monoisotopic (exact) mass is 489 g/mol. The first kappa shape index (κ1) is 22.4. The Bertz CT molecular complexity index is 1440. The van der Waals surface area contributed by atoms with Crippen LogP contribution in [0, 0.1) is 11.4 Å². The molecule has 1 aliphatic heterocycles. The van der Waals surface area contributed by atoms with Gasteiger partial charge < -0.3 is 15.5 Å². The van der Waals surface area contributed by atoms with Crippen molar-refractivity contribution in [3.8, 4) is 0 Å². The minimum absolute atomic E-state index is 0.170. The molecule has 0 radical (unpaired) electrons. The molecule has 1 amide bonds. The molecule has 36 heavy (non-hydrogen) atoms. The summed E-state index contributed by atoms with van der Waals surface area (Å²) in [5, 5.41) is 18.5. The van der Waals surface area contributed by atoms with Gasteiger partial charge in [0, 0.05) is 30.4 Å². The number of aromatic amines is 1. The van der Waals surface area contributed by atoms with E-state index in [0.29, 0.717) is 42.2 Å². The number of amides is 1. The van der Waals surface area contributed by atoms with Crippen molar-refractivity contribution in [2.45, 2.75) is 51.5 Å². The molecule has 3 N–H and O–H groups in total. The highest BCUT2D eigenvalue weighted by Crippen LogP contribution is 2.44. The van der Waals surface area contributed by atoms with Gasteiger partial charge in [0.1, 0.15) is 11.1 Å². The third-order valence-electron chi connectivity index (χ3n) is 6.96. The first-order valence-electron chi connectivity index (χ1n) is 12.1. The average Bonchev–Trinajstić information content (AvgIpc) is 3.27. The van der Waals surface area contributed by atoms with Crippen LogP contribution >= 0.6 is 0 Å². The average molecular weight is 490 g/mol. The van der Waals surface area contributed by atoms with E-state index in [1.807, 2.05) is 36.2 Å². The molecule has 1 aliphatic carbocycles. The van der Waals surface area contributed by atoms with Crippen molar-refractivity contribution in [1.82, 2.24) is 29.8 Å². The number of fused-ring (bicyclic) bond motifs is 1. The van der Waals surface area contributed by atoms with Crippen LogP contribution in [-0.4, -0.2) is 47.8 Å². The zero-order valence-corrected chi connectivity index (χ0v) is 20.4. The van der Waals surface area contributed by atoms with Crippen molar-refractivity contribution in [2.75, 3.05) is 22.1 Å². The van der Waals surface area contributed by atoms with E-state index in [-0.39, 0.29) is 11.3 Å². The number of hydrogen-bond acceptors (Lipinski definition) is 7. The fourth-order valence-corrected chi connectivity index (χ4v) is 5.15. The van der Waals surface area contributed by atoms with Gasteiger partial charge in [-0.2, -0.15) is 14.5 Å². The molecule has 10 nitrogen and oxygen atoms in total. The summed E-state index contributed by atoms with van der Waals surface area (Å²) < 4.78 is 15.0. The lowest BCUT2D eigenvalue weighted by Gasteiger charge is -2.33. The van der Waals surface area contributed by atoms with E-state index in [1.54, 1.807) is 4.52 Å². The Morgan fingerprint density at radius 1 is 1.22 bits per heavy atom. The number of anilines is 4. The molecular weight excluding hydrogens is 461 g/mol. The molecule has 0 spiro atoms. The maximum absolute atomic E-state index is 13.6. The van der Waals surface area contributed by atoms with Crippen LogP contribution in [0.3, 0.4) is 0 Å². The number of carbonyl (C=O) groups is 1. The van der Waals surface area contributed by atoms with E-state index in [4.69, 9.17) is 10.1 Å². The number of carbonyl (C=O) groups excluding carboxylic acids is 1. The van der Waals surface area contributed by atoms with Crippen LogP contribution in [0.15, 0.2) is 42.7 Å². The maximum Gasteiger partial charge on any atom is 0.250 e. The fourth-order valence-electron chi connectivity index (χ4n) is 5.15. The van der Waals surface area contributed by atoms with E-state index >= 15 is 0 Å². The lowest BCUT2D eigenvalue weighted by Crippen LogP contribution is -2.51. The van der Waals surface area contributed by atoms with E-state index < -0.39 is 11.5 Å². The Morgan fingerprint density at radius 3 is 2.81 bits per heavy atom. The van der Waals surface area contributed by atoms with Crippen LogP contribution < -0.4 is 15.5 Å². The number of hydrogen-bond donors (Lipinski definition) is 3. The molecule has 0 aromatic carbocycles. The Labute approximate surface area is 207 Å². The topological polar surface area (TPSA) is 116 Å². The van der Waals surface area contributed by atoms with Gasteiger partial charge in [0.15, 0.2) is 11.6 Å². The highest BCUT2D eigenvalue weighted by molar-refractivity contribution is 6.00. The number of aromatic nitrogens is 6. The Kier molecular flexibility index (Phi) is 4.99. The molecule has 1 saturated heterocycles. The first-order valence-corrected chi connectivity index (χ1v) is 12.1. The molecule has 6 rings (SSSR count). The minimum atomic E-state index is -0.943. The third-order valence-corrected chi connectivity index (χ3v) is 6.96. The Balaban J connectivity index is 1.35. The Morgan fingerprint density at radius 2 is 2.06 bits per heavy atom. The zero-order chi connectivity index (χ0) is 25.1. The maximum atomic E-state index is 13.6. The van der Waals surface area contributed by atoms with Gasteiger partial charge in [0.05, 0.1) is 11.9 Å². The van der Waals surface area contributed by atoms with Gasteiger partial charge in [-0.25, -0.2) is 9.50 Å². The van der Waals surface area contributed by atoms with Crippen molar-refractivity contribution in [3.63, 3.8) is 0 Å².